The summed E-state index contributed by atoms with van der Waals surface area (Å²) >= 11 is 7.03. The SMILES string of the molecule is Cc1cc(/C=C2/NC(=S)N(c3cn(C)nc3C)C2=O)c(C)s1. The number of aromatic nitrogens is 2. The lowest BCUT2D eigenvalue weighted by Crippen LogP contribution is -2.30. The molecule has 0 radical (unpaired) electrons. The maximum absolute atomic E-state index is 12.7. The highest BCUT2D eigenvalue weighted by Gasteiger charge is 2.34. The number of thiocarbonyl (C=S) groups is 1. The fraction of sp³-hybridized carbons (Fsp3) is 0.267. The predicted molar refractivity (Wildman–Crippen MR) is 92.9 cm³/mol. The number of rotatable bonds is 2. The molecule has 1 saturated heterocycles. The van der Waals surface area contributed by atoms with E-state index >= 15 is 0 Å². The highest BCUT2D eigenvalue weighted by Crippen LogP contribution is 2.27. The van der Waals surface area contributed by atoms with Gasteiger partial charge in [0.15, 0.2) is 5.11 Å². The third-order valence-electron chi connectivity index (χ3n) is 3.49. The van der Waals surface area contributed by atoms with Crippen molar-refractivity contribution in [2.75, 3.05) is 4.90 Å². The van der Waals surface area contributed by atoms with E-state index < -0.39 is 0 Å². The first-order valence-electron chi connectivity index (χ1n) is 6.81. The van der Waals surface area contributed by atoms with Crippen molar-refractivity contribution < 1.29 is 4.79 Å². The zero-order valence-electron chi connectivity index (χ0n) is 12.8. The third kappa shape index (κ3) is 2.46. The molecule has 1 amide bonds. The van der Waals surface area contributed by atoms with Gasteiger partial charge in [0.25, 0.3) is 5.91 Å². The first-order valence-corrected chi connectivity index (χ1v) is 8.03. The summed E-state index contributed by atoms with van der Waals surface area (Å²) in [5.41, 5.74) is 3.02. The Labute approximate surface area is 138 Å². The molecule has 2 aromatic rings. The van der Waals surface area contributed by atoms with Crippen LogP contribution in [0, 0.1) is 20.8 Å². The highest BCUT2D eigenvalue weighted by atomic mass is 32.1. The second kappa shape index (κ2) is 5.33. The fourth-order valence-corrected chi connectivity index (χ4v) is 3.71. The lowest BCUT2D eigenvalue weighted by Gasteiger charge is -2.11. The van der Waals surface area contributed by atoms with E-state index in [9.17, 15) is 4.79 Å². The van der Waals surface area contributed by atoms with Crippen LogP contribution in [-0.2, 0) is 11.8 Å². The van der Waals surface area contributed by atoms with Crippen LogP contribution in [0.1, 0.15) is 21.0 Å². The van der Waals surface area contributed by atoms with Crippen molar-refractivity contribution in [3.05, 3.63) is 39.0 Å². The Balaban J connectivity index is 1.98. The first-order chi connectivity index (χ1) is 10.4. The lowest BCUT2D eigenvalue weighted by molar-refractivity contribution is -0.113. The standard InChI is InChI=1S/C15H16N4OS2/c1-8-5-11(10(3)22-8)6-12-14(20)19(15(21)16-12)13-7-18(4)17-9(13)2/h5-7H,1-4H3,(H,16,21)/b12-6+. The molecule has 1 aliphatic heterocycles. The largest absolute Gasteiger partial charge is 0.327 e. The maximum atomic E-state index is 12.7. The van der Waals surface area contributed by atoms with E-state index in [0.29, 0.717) is 16.5 Å². The van der Waals surface area contributed by atoms with Gasteiger partial charge in [-0.05, 0) is 50.7 Å². The zero-order valence-corrected chi connectivity index (χ0v) is 14.4. The molecule has 1 aliphatic rings. The summed E-state index contributed by atoms with van der Waals surface area (Å²) in [6, 6.07) is 2.07. The highest BCUT2D eigenvalue weighted by molar-refractivity contribution is 7.80. The molecular weight excluding hydrogens is 316 g/mol. The molecule has 0 aromatic carbocycles. The van der Waals surface area contributed by atoms with E-state index in [2.05, 4.69) is 23.4 Å². The van der Waals surface area contributed by atoms with Crippen molar-refractivity contribution >= 4 is 46.3 Å². The summed E-state index contributed by atoms with van der Waals surface area (Å²) in [6.07, 6.45) is 3.66. The maximum Gasteiger partial charge on any atom is 0.281 e. The lowest BCUT2D eigenvalue weighted by atomic mass is 10.2. The minimum absolute atomic E-state index is 0.149. The Hall–Kier alpha value is -1.99. The molecule has 1 fully saturated rings. The Morgan fingerprint density at radius 2 is 2.09 bits per heavy atom. The van der Waals surface area contributed by atoms with Crippen LogP contribution in [0.15, 0.2) is 18.0 Å². The van der Waals surface area contributed by atoms with Crippen LogP contribution in [0.3, 0.4) is 0 Å². The molecule has 5 nitrogen and oxygen atoms in total. The van der Waals surface area contributed by atoms with E-state index in [4.69, 9.17) is 12.2 Å². The monoisotopic (exact) mass is 332 g/mol. The molecule has 7 heteroatoms. The molecule has 0 bridgehead atoms. The predicted octanol–water partition coefficient (Wildman–Crippen LogP) is 2.67. The Bertz CT molecular complexity index is 816. The van der Waals surface area contributed by atoms with Gasteiger partial charge < -0.3 is 5.32 Å². The molecule has 22 heavy (non-hydrogen) atoms. The number of nitrogens with one attached hydrogen (secondary N) is 1. The van der Waals surface area contributed by atoms with Gasteiger partial charge in [-0.15, -0.1) is 11.3 Å². The van der Waals surface area contributed by atoms with Crippen LogP contribution < -0.4 is 10.2 Å². The molecule has 2 aromatic heterocycles. The van der Waals surface area contributed by atoms with E-state index in [0.717, 1.165) is 11.3 Å². The molecule has 3 rings (SSSR count). The van der Waals surface area contributed by atoms with Crippen LogP contribution in [0.25, 0.3) is 6.08 Å². The topological polar surface area (TPSA) is 50.2 Å². The average Bonchev–Trinajstić information content (AvgIpc) is 2.99. The van der Waals surface area contributed by atoms with Gasteiger partial charge in [0.1, 0.15) is 5.70 Å². The summed E-state index contributed by atoms with van der Waals surface area (Å²) in [5, 5.41) is 7.66. The van der Waals surface area contributed by atoms with E-state index in [1.807, 2.05) is 27.0 Å². The number of thiophene rings is 1. The van der Waals surface area contributed by atoms with Crippen LogP contribution >= 0.6 is 23.6 Å². The van der Waals surface area contributed by atoms with Gasteiger partial charge in [0, 0.05) is 23.0 Å². The third-order valence-corrected chi connectivity index (χ3v) is 4.75. The number of aryl methyl sites for hydroxylation is 4. The number of nitrogens with zero attached hydrogens (tertiary/aromatic N) is 3. The number of carbonyl (C=O) groups is 1. The smallest absolute Gasteiger partial charge is 0.281 e. The Morgan fingerprint density at radius 1 is 1.36 bits per heavy atom. The fourth-order valence-electron chi connectivity index (χ4n) is 2.51. The van der Waals surface area contributed by atoms with Gasteiger partial charge in [0.2, 0.25) is 0 Å². The van der Waals surface area contributed by atoms with E-state index in [1.165, 1.54) is 14.7 Å². The van der Waals surface area contributed by atoms with Crippen molar-refractivity contribution in [2.45, 2.75) is 20.8 Å². The van der Waals surface area contributed by atoms with Gasteiger partial charge in [-0.1, -0.05) is 0 Å². The number of hydrogen-bond acceptors (Lipinski definition) is 4. The van der Waals surface area contributed by atoms with E-state index in [1.54, 1.807) is 22.2 Å². The van der Waals surface area contributed by atoms with Crippen LogP contribution in [0.2, 0.25) is 0 Å². The van der Waals surface area contributed by atoms with Crippen molar-refractivity contribution in [3.63, 3.8) is 0 Å². The van der Waals surface area contributed by atoms with Crippen molar-refractivity contribution in [3.8, 4) is 0 Å². The molecule has 3 heterocycles. The number of anilines is 1. The molecule has 0 spiro atoms. The molecule has 114 valence electrons. The molecular formula is C15H16N4OS2. The van der Waals surface area contributed by atoms with Crippen LogP contribution in [-0.4, -0.2) is 20.8 Å². The quantitative estimate of drug-likeness (QED) is 0.678. The van der Waals surface area contributed by atoms with Gasteiger partial charge in [0.05, 0.1) is 11.4 Å². The minimum Gasteiger partial charge on any atom is -0.327 e. The normalized spacial score (nSPS) is 16.7. The Morgan fingerprint density at radius 3 is 2.64 bits per heavy atom. The number of hydrogen-bond donors (Lipinski definition) is 1. The molecule has 0 saturated carbocycles. The van der Waals surface area contributed by atoms with Gasteiger partial charge in [-0.25, -0.2) is 4.90 Å². The summed E-state index contributed by atoms with van der Waals surface area (Å²) in [5.74, 6) is -0.149. The number of carbonyl (C=O) groups excluding carboxylic acids is 1. The summed E-state index contributed by atoms with van der Waals surface area (Å²) in [4.78, 5) is 16.6. The zero-order chi connectivity index (χ0) is 16.0. The summed E-state index contributed by atoms with van der Waals surface area (Å²) in [6.45, 7) is 5.96. The van der Waals surface area contributed by atoms with E-state index in [-0.39, 0.29) is 5.91 Å². The number of amides is 1. The van der Waals surface area contributed by atoms with Crippen molar-refractivity contribution in [1.29, 1.82) is 0 Å². The molecule has 0 atom stereocenters. The van der Waals surface area contributed by atoms with Gasteiger partial charge in [-0.3, -0.25) is 9.48 Å². The summed E-state index contributed by atoms with van der Waals surface area (Å²) < 4.78 is 1.68. The first kappa shape index (κ1) is 14.9. The minimum atomic E-state index is -0.149. The van der Waals surface area contributed by atoms with Gasteiger partial charge in [-0.2, -0.15) is 5.10 Å². The van der Waals surface area contributed by atoms with Crippen LogP contribution in [0.4, 0.5) is 5.69 Å². The van der Waals surface area contributed by atoms with Crippen LogP contribution in [0.5, 0.6) is 0 Å². The second-order valence-corrected chi connectivity index (χ2v) is 7.12. The van der Waals surface area contributed by atoms with Gasteiger partial charge >= 0.3 is 0 Å². The molecule has 0 aliphatic carbocycles. The average molecular weight is 332 g/mol. The second-order valence-electron chi connectivity index (χ2n) is 5.27. The molecule has 1 N–H and O–H groups in total. The van der Waals surface area contributed by atoms with Crippen molar-refractivity contribution in [1.82, 2.24) is 15.1 Å². The Kier molecular flexibility index (Phi) is 3.62. The molecule has 0 unspecified atom stereocenters. The summed E-state index contributed by atoms with van der Waals surface area (Å²) in [7, 11) is 1.82. The van der Waals surface area contributed by atoms with Crippen molar-refractivity contribution in [2.24, 2.45) is 7.05 Å².